The molecule has 0 bridgehead atoms. The van der Waals surface area contributed by atoms with Crippen LogP contribution >= 0.6 is 0 Å². The summed E-state index contributed by atoms with van der Waals surface area (Å²) in [6.07, 6.45) is 2.44. The number of hydrogen-bond donors (Lipinski definition) is 1. The third kappa shape index (κ3) is 4.26. The van der Waals surface area contributed by atoms with Gasteiger partial charge < -0.3 is 19.2 Å². The Bertz CT molecular complexity index is 1020. The van der Waals surface area contributed by atoms with E-state index in [1.54, 1.807) is 6.20 Å². The van der Waals surface area contributed by atoms with Crippen molar-refractivity contribution in [1.29, 1.82) is 0 Å². The highest BCUT2D eigenvalue weighted by Crippen LogP contribution is 2.35. The summed E-state index contributed by atoms with van der Waals surface area (Å²) in [5.74, 6) is 2.62. The number of nitrogens with zero attached hydrogens (tertiary/aromatic N) is 1. The van der Waals surface area contributed by atoms with E-state index in [4.69, 9.17) is 13.9 Å². The molecule has 4 rings (SSSR count). The summed E-state index contributed by atoms with van der Waals surface area (Å²) in [5, 5.41) is 3.07. The molecule has 0 saturated heterocycles. The van der Waals surface area contributed by atoms with Gasteiger partial charge in [0.05, 0.1) is 11.7 Å². The Kier molecular flexibility index (Phi) is 5.01. The molecule has 0 saturated carbocycles. The van der Waals surface area contributed by atoms with Crippen LogP contribution in [0.4, 0.5) is 0 Å². The van der Waals surface area contributed by atoms with E-state index in [0.29, 0.717) is 30.2 Å². The van der Waals surface area contributed by atoms with E-state index in [9.17, 15) is 4.79 Å². The topological polar surface area (TPSA) is 73.6 Å². The first-order valence-corrected chi connectivity index (χ1v) is 9.63. The van der Waals surface area contributed by atoms with Crippen molar-refractivity contribution in [2.45, 2.75) is 39.2 Å². The van der Waals surface area contributed by atoms with Crippen molar-refractivity contribution in [2.75, 3.05) is 6.79 Å². The molecule has 1 amide bonds. The number of benzene rings is 2. The van der Waals surface area contributed by atoms with Gasteiger partial charge in [0.25, 0.3) is 0 Å². The number of hydrogen-bond acceptors (Lipinski definition) is 5. The molecule has 0 aliphatic carbocycles. The lowest BCUT2D eigenvalue weighted by molar-refractivity contribution is -0.122. The second-order valence-corrected chi connectivity index (χ2v) is 7.73. The van der Waals surface area contributed by atoms with E-state index in [-0.39, 0.29) is 12.7 Å². The molecule has 1 aromatic heterocycles. The quantitative estimate of drug-likeness (QED) is 0.675. The molecule has 0 radical (unpaired) electrons. The minimum absolute atomic E-state index is 0.0669. The van der Waals surface area contributed by atoms with Gasteiger partial charge in [-0.25, -0.2) is 4.98 Å². The van der Waals surface area contributed by atoms with E-state index in [1.807, 2.05) is 63.2 Å². The summed E-state index contributed by atoms with van der Waals surface area (Å²) in [6.45, 7) is 6.19. The number of carbonyl (C=O) groups excluding carboxylic acids is 1. The van der Waals surface area contributed by atoms with E-state index >= 15 is 0 Å². The van der Waals surface area contributed by atoms with Gasteiger partial charge in [-0.3, -0.25) is 4.79 Å². The fraction of sp³-hybridized carbons (Fsp3) is 0.304. The lowest BCUT2D eigenvalue weighted by Crippen LogP contribution is -2.41. The van der Waals surface area contributed by atoms with Gasteiger partial charge in [0.1, 0.15) is 0 Å². The van der Waals surface area contributed by atoms with Crippen LogP contribution in [0.2, 0.25) is 0 Å². The normalized spacial score (nSPS) is 12.8. The monoisotopic (exact) mass is 392 g/mol. The fourth-order valence-corrected chi connectivity index (χ4v) is 3.27. The second-order valence-electron chi connectivity index (χ2n) is 7.73. The number of ether oxygens (including phenoxy) is 2. The summed E-state index contributed by atoms with van der Waals surface area (Å²) in [6, 6.07) is 13.8. The van der Waals surface area contributed by atoms with Crippen molar-refractivity contribution in [3.63, 3.8) is 0 Å². The van der Waals surface area contributed by atoms with Gasteiger partial charge in [-0.2, -0.15) is 0 Å². The van der Waals surface area contributed by atoms with Crippen LogP contribution in [0.1, 0.15) is 37.3 Å². The van der Waals surface area contributed by atoms with Crippen LogP contribution in [0.5, 0.6) is 11.5 Å². The van der Waals surface area contributed by atoms with E-state index in [0.717, 1.165) is 16.9 Å². The molecule has 1 aliphatic heterocycles. The van der Waals surface area contributed by atoms with Crippen molar-refractivity contribution in [3.05, 3.63) is 65.7 Å². The summed E-state index contributed by atoms with van der Waals surface area (Å²) < 4.78 is 16.6. The zero-order valence-corrected chi connectivity index (χ0v) is 16.8. The molecule has 6 nitrogen and oxygen atoms in total. The molecule has 150 valence electrons. The Balaban J connectivity index is 1.35. The van der Waals surface area contributed by atoms with Gasteiger partial charge in [0, 0.05) is 18.4 Å². The van der Waals surface area contributed by atoms with Gasteiger partial charge in [-0.1, -0.05) is 35.9 Å². The molecule has 3 aromatic rings. The van der Waals surface area contributed by atoms with Gasteiger partial charge in [-0.15, -0.1) is 0 Å². The number of aryl methyl sites for hydroxylation is 2. The highest BCUT2D eigenvalue weighted by molar-refractivity contribution is 5.77. The smallest absolute Gasteiger partial charge is 0.231 e. The zero-order valence-electron chi connectivity index (χ0n) is 16.8. The molecule has 0 unspecified atom stereocenters. The number of amides is 1. The van der Waals surface area contributed by atoms with E-state index in [2.05, 4.69) is 10.3 Å². The molecule has 1 aliphatic rings. The Labute approximate surface area is 169 Å². The number of aromatic nitrogens is 1. The largest absolute Gasteiger partial charge is 0.454 e. The first-order chi connectivity index (χ1) is 13.9. The molecule has 0 spiro atoms. The maximum Gasteiger partial charge on any atom is 0.231 e. The minimum atomic E-state index is -0.540. The average molecular weight is 392 g/mol. The minimum Gasteiger partial charge on any atom is -0.454 e. The Morgan fingerprint density at radius 2 is 1.86 bits per heavy atom. The highest BCUT2D eigenvalue weighted by atomic mass is 16.7. The van der Waals surface area contributed by atoms with Crippen LogP contribution in [0.3, 0.4) is 0 Å². The molecular weight excluding hydrogens is 368 g/mol. The van der Waals surface area contributed by atoms with Crippen molar-refractivity contribution < 1.29 is 18.7 Å². The lowest BCUT2D eigenvalue weighted by Gasteiger charge is -2.27. The number of carbonyl (C=O) groups is 1. The lowest BCUT2D eigenvalue weighted by atomic mass is 9.93. The maximum absolute atomic E-state index is 12.5. The summed E-state index contributed by atoms with van der Waals surface area (Å²) in [5.41, 5.74) is 2.58. The SMILES string of the molecule is Cc1ccc(-c2cnc(CCC(=O)NC(C)(C)c3ccc4c(c3)OCO4)o2)cc1. The van der Waals surface area contributed by atoms with Crippen LogP contribution in [-0.2, 0) is 16.8 Å². The Morgan fingerprint density at radius 1 is 1.10 bits per heavy atom. The van der Waals surface area contributed by atoms with Gasteiger partial charge in [-0.05, 0) is 38.5 Å². The molecule has 6 heteroatoms. The predicted molar refractivity (Wildman–Crippen MR) is 109 cm³/mol. The van der Waals surface area contributed by atoms with E-state index < -0.39 is 5.54 Å². The van der Waals surface area contributed by atoms with Crippen LogP contribution in [0, 0.1) is 6.92 Å². The van der Waals surface area contributed by atoms with Crippen molar-refractivity contribution in [2.24, 2.45) is 0 Å². The number of oxazole rings is 1. The first-order valence-electron chi connectivity index (χ1n) is 9.63. The Morgan fingerprint density at radius 3 is 2.66 bits per heavy atom. The molecule has 1 N–H and O–H groups in total. The Hall–Kier alpha value is -3.28. The maximum atomic E-state index is 12.5. The average Bonchev–Trinajstić information content (AvgIpc) is 3.35. The third-order valence-electron chi connectivity index (χ3n) is 5.00. The standard InChI is InChI=1S/C23H24N2O4/c1-15-4-6-16(7-5-15)20-13-24-22(29-20)11-10-21(26)25-23(2,3)17-8-9-18-19(12-17)28-14-27-18/h4-9,12-13H,10-11,14H2,1-3H3,(H,25,26). The van der Waals surface area contributed by atoms with Gasteiger partial charge >= 0.3 is 0 Å². The molecule has 2 aromatic carbocycles. The summed E-state index contributed by atoms with van der Waals surface area (Å²) >= 11 is 0. The molecule has 2 heterocycles. The number of rotatable bonds is 6. The molecular formula is C23H24N2O4. The molecule has 0 atom stereocenters. The van der Waals surface area contributed by atoms with E-state index in [1.165, 1.54) is 5.56 Å². The third-order valence-corrected chi connectivity index (χ3v) is 5.00. The molecule has 29 heavy (non-hydrogen) atoms. The van der Waals surface area contributed by atoms with Crippen LogP contribution < -0.4 is 14.8 Å². The number of nitrogens with one attached hydrogen (secondary N) is 1. The molecule has 0 fully saturated rings. The van der Waals surface area contributed by atoms with Gasteiger partial charge in [0.15, 0.2) is 23.1 Å². The summed E-state index contributed by atoms with van der Waals surface area (Å²) in [7, 11) is 0. The van der Waals surface area contributed by atoms with Crippen molar-refractivity contribution >= 4 is 5.91 Å². The van der Waals surface area contributed by atoms with Gasteiger partial charge in [0.2, 0.25) is 12.7 Å². The van der Waals surface area contributed by atoms with Crippen LogP contribution in [0.15, 0.2) is 53.1 Å². The van der Waals surface area contributed by atoms with Crippen LogP contribution in [-0.4, -0.2) is 17.7 Å². The zero-order chi connectivity index (χ0) is 20.4. The highest BCUT2D eigenvalue weighted by Gasteiger charge is 2.25. The fourth-order valence-electron chi connectivity index (χ4n) is 3.27. The first kappa shape index (κ1) is 19.1. The second kappa shape index (κ2) is 7.62. The van der Waals surface area contributed by atoms with Crippen molar-refractivity contribution in [3.8, 4) is 22.8 Å². The number of fused-ring (bicyclic) bond motifs is 1. The van der Waals surface area contributed by atoms with Crippen molar-refractivity contribution in [1.82, 2.24) is 10.3 Å². The summed E-state index contributed by atoms with van der Waals surface area (Å²) in [4.78, 5) is 16.8. The predicted octanol–water partition coefficient (Wildman–Crippen LogP) is 4.36. The van der Waals surface area contributed by atoms with Crippen LogP contribution in [0.25, 0.3) is 11.3 Å².